The Labute approximate surface area is 370 Å². The van der Waals surface area contributed by atoms with Crippen LogP contribution in [0.15, 0.2) is 245 Å². The Morgan fingerprint density at radius 3 is 1.50 bits per heavy atom. The normalized spacial score (nSPS) is 14.3. The maximum absolute atomic E-state index is 6.91. The summed E-state index contributed by atoms with van der Waals surface area (Å²) < 4.78 is 13.4. The molecule has 0 spiro atoms. The third-order valence-electron chi connectivity index (χ3n) is 13.4. The van der Waals surface area contributed by atoms with Gasteiger partial charge in [-0.2, -0.15) is 0 Å². The van der Waals surface area contributed by atoms with Crippen LogP contribution in [0.2, 0.25) is 0 Å². The summed E-state index contributed by atoms with van der Waals surface area (Å²) in [6, 6.07) is 85.2. The largest absolute Gasteiger partial charge is 0.456 e. The van der Waals surface area contributed by atoms with E-state index < -0.39 is 5.41 Å². The summed E-state index contributed by atoms with van der Waals surface area (Å²) in [7, 11) is 0. The van der Waals surface area contributed by atoms with Crippen molar-refractivity contribution in [2.24, 2.45) is 0 Å². The fourth-order valence-electron chi connectivity index (χ4n) is 10.5. The maximum atomic E-state index is 6.91. The maximum Gasteiger partial charge on any atom is 0.143 e. The molecule has 10 aromatic carbocycles. The molecule has 12 aromatic rings. The van der Waals surface area contributed by atoms with Gasteiger partial charge in [0, 0.05) is 49.7 Å². The van der Waals surface area contributed by atoms with Crippen molar-refractivity contribution in [1.82, 2.24) is 0 Å². The first kappa shape index (κ1) is 36.3. The van der Waals surface area contributed by atoms with Gasteiger partial charge >= 0.3 is 0 Å². The summed E-state index contributed by atoms with van der Waals surface area (Å²) in [6.07, 6.45) is 0. The summed E-state index contributed by atoms with van der Waals surface area (Å²) in [6.45, 7) is 0. The van der Waals surface area contributed by atoms with Gasteiger partial charge in [-0.15, -0.1) is 0 Å². The number of hydrogen-bond acceptors (Lipinski definition) is 3. The van der Waals surface area contributed by atoms with Crippen LogP contribution in [0.5, 0.6) is 0 Å². The van der Waals surface area contributed by atoms with Gasteiger partial charge in [0.05, 0.1) is 5.41 Å². The zero-order valence-electron chi connectivity index (χ0n) is 34.8. The Hall–Kier alpha value is -8.40. The monoisotopic (exact) mass is 817 g/mol. The topological polar surface area (TPSA) is 29.5 Å². The van der Waals surface area contributed by atoms with Crippen molar-refractivity contribution in [3.63, 3.8) is 0 Å². The van der Waals surface area contributed by atoms with Crippen LogP contribution in [-0.2, 0) is 5.41 Å². The summed E-state index contributed by atoms with van der Waals surface area (Å²) in [5.74, 6) is 0. The Morgan fingerprint density at radius 2 is 0.781 bits per heavy atom. The number of hydrogen-bond donors (Lipinski definition) is 0. The second kappa shape index (κ2) is 14.3. The molecular formula is C61H39NO2. The highest BCUT2D eigenvalue weighted by Crippen LogP contribution is 2.59. The lowest BCUT2D eigenvalue weighted by Gasteiger charge is -2.35. The van der Waals surface area contributed by atoms with Crippen molar-refractivity contribution in [3.05, 3.63) is 259 Å². The van der Waals surface area contributed by atoms with Crippen molar-refractivity contribution in [2.45, 2.75) is 5.41 Å². The first-order valence-electron chi connectivity index (χ1n) is 21.9. The van der Waals surface area contributed by atoms with Crippen molar-refractivity contribution in [1.29, 1.82) is 0 Å². The molecule has 1 unspecified atom stereocenters. The molecule has 0 aliphatic heterocycles. The average molecular weight is 818 g/mol. The van der Waals surface area contributed by atoms with Gasteiger partial charge < -0.3 is 13.7 Å². The first-order valence-corrected chi connectivity index (χ1v) is 21.9. The van der Waals surface area contributed by atoms with Crippen LogP contribution in [0.3, 0.4) is 0 Å². The van der Waals surface area contributed by atoms with E-state index in [1.807, 2.05) is 12.1 Å². The average Bonchev–Trinajstić information content (AvgIpc) is 4.04. The number of anilines is 3. The van der Waals surface area contributed by atoms with Crippen LogP contribution >= 0.6 is 0 Å². The molecule has 0 N–H and O–H groups in total. The van der Waals surface area contributed by atoms with Crippen LogP contribution in [0.1, 0.15) is 22.3 Å². The Kier molecular flexibility index (Phi) is 8.13. The molecule has 1 aliphatic rings. The lowest BCUT2D eigenvalue weighted by Crippen LogP contribution is -2.29. The van der Waals surface area contributed by atoms with Crippen LogP contribution in [0.25, 0.3) is 77.3 Å². The van der Waals surface area contributed by atoms with Crippen LogP contribution in [0.4, 0.5) is 17.1 Å². The van der Waals surface area contributed by atoms with Crippen molar-refractivity contribution >= 4 is 60.9 Å². The van der Waals surface area contributed by atoms with Gasteiger partial charge in [-0.1, -0.05) is 188 Å². The molecule has 0 bridgehead atoms. The van der Waals surface area contributed by atoms with Gasteiger partial charge in [0.25, 0.3) is 0 Å². The molecule has 0 radical (unpaired) electrons. The highest BCUT2D eigenvalue weighted by atomic mass is 16.3. The van der Waals surface area contributed by atoms with E-state index in [1.165, 1.54) is 38.9 Å². The number of para-hydroxylation sites is 4. The second-order valence-corrected chi connectivity index (χ2v) is 16.7. The number of fused-ring (bicyclic) bond motifs is 9. The van der Waals surface area contributed by atoms with Crippen molar-refractivity contribution in [3.8, 4) is 33.4 Å². The molecular weight excluding hydrogens is 779 g/mol. The van der Waals surface area contributed by atoms with E-state index in [0.29, 0.717) is 0 Å². The molecule has 0 saturated carbocycles. The number of nitrogens with zero attached hydrogens (tertiary/aromatic N) is 1. The lowest BCUT2D eigenvalue weighted by molar-refractivity contribution is 0.648. The minimum atomic E-state index is -0.686. The molecule has 3 nitrogen and oxygen atoms in total. The van der Waals surface area contributed by atoms with E-state index in [0.717, 1.165) is 77.6 Å². The Morgan fingerprint density at radius 1 is 0.297 bits per heavy atom. The molecule has 1 aliphatic carbocycles. The predicted octanol–water partition coefficient (Wildman–Crippen LogP) is 16.7. The molecule has 2 heterocycles. The molecule has 300 valence electrons. The van der Waals surface area contributed by atoms with Crippen LogP contribution < -0.4 is 4.90 Å². The fraction of sp³-hybridized carbons (Fsp3) is 0.0164. The minimum Gasteiger partial charge on any atom is -0.456 e. The predicted molar refractivity (Wildman–Crippen MR) is 264 cm³/mol. The fourth-order valence-corrected chi connectivity index (χ4v) is 10.5. The molecule has 2 aromatic heterocycles. The van der Waals surface area contributed by atoms with Gasteiger partial charge in [0.15, 0.2) is 0 Å². The van der Waals surface area contributed by atoms with Gasteiger partial charge in [0.2, 0.25) is 0 Å². The number of furan rings is 2. The third-order valence-corrected chi connectivity index (χ3v) is 13.4. The quantitative estimate of drug-likeness (QED) is 0.160. The van der Waals surface area contributed by atoms with E-state index in [9.17, 15) is 0 Å². The lowest BCUT2D eigenvalue weighted by atomic mass is 9.67. The summed E-state index contributed by atoms with van der Waals surface area (Å²) in [4.78, 5) is 2.39. The van der Waals surface area contributed by atoms with Crippen molar-refractivity contribution < 1.29 is 8.83 Å². The molecule has 13 rings (SSSR count). The standard InChI is InChI=1S/C61H39NO2/c1-3-15-40(16-4-1)41-29-33-44(34-30-41)62(45-35-31-42(32-36-45)47-22-13-23-52-50-20-8-11-27-57(50)63-59(47)52)46-37-38-49-48-19-7-10-25-54(48)61(56(49)39-46,43-17-5-2-6-18-43)55-26-14-24-53-51-21-9-12-28-58(51)64-60(53)55/h1-39H. The van der Waals surface area contributed by atoms with Gasteiger partial charge in [-0.3, -0.25) is 0 Å². The Balaban J connectivity index is 1.03. The molecule has 1 atom stereocenters. The Bertz CT molecular complexity index is 3710. The molecule has 0 amide bonds. The van der Waals surface area contributed by atoms with E-state index in [1.54, 1.807) is 0 Å². The number of benzene rings is 10. The summed E-state index contributed by atoms with van der Waals surface area (Å²) >= 11 is 0. The smallest absolute Gasteiger partial charge is 0.143 e. The summed E-state index contributed by atoms with van der Waals surface area (Å²) in [5, 5.41) is 4.48. The van der Waals surface area contributed by atoms with E-state index >= 15 is 0 Å². The van der Waals surface area contributed by atoms with E-state index in [4.69, 9.17) is 8.83 Å². The van der Waals surface area contributed by atoms with Gasteiger partial charge in [-0.25, -0.2) is 0 Å². The molecule has 0 saturated heterocycles. The second-order valence-electron chi connectivity index (χ2n) is 16.7. The third kappa shape index (κ3) is 5.41. The van der Waals surface area contributed by atoms with Crippen LogP contribution in [0, 0.1) is 0 Å². The zero-order chi connectivity index (χ0) is 42.2. The number of rotatable bonds is 7. The highest BCUT2D eigenvalue weighted by Gasteiger charge is 2.48. The molecule has 64 heavy (non-hydrogen) atoms. The van der Waals surface area contributed by atoms with Crippen LogP contribution in [-0.4, -0.2) is 0 Å². The zero-order valence-corrected chi connectivity index (χ0v) is 34.8. The van der Waals surface area contributed by atoms with E-state index in [2.05, 4.69) is 229 Å². The highest BCUT2D eigenvalue weighted by molar-refractivity contribution is 6.10. The molecule has 0 fully saturated rings. The summed E-state index contributed by atoms with van der Waals surface area (Å²) in [5.41, 5.74) is 17.8. The SMILES string of the molecule is c1ccc(-c2ccc(N(c3ccc(-c4cccc5c4oc4ccccc45)cc3)c3ccc4c(c3)C(c3ccccc3)(c3cccc5c3oc3ccccc35)c3ccccc3-4)cc2)cc1. The minimum absolute atomic E-state index is 0.686. The van der Waals surface area contributed by atoms with Gasteiger partial charge in [0.1, 0.15) is 22.3 Å². The van der Waals surface area contributed by atoms with Gasteiger partial charge in [-0.05, 0) is 93.0 Å². The first-order chi connectivity index (χ1) is 31.7. The van der Waals surface area contributed by atoms with E-state index in [-0.39, 0.29) is 0 Å². The molecule has 3 heteroatoms. The van der Waals surface area contributed by atoms with Crippen molar-refractivity contribution in [2.75, 3.05) is 4.90 Å².